The number of rotatable bonds is 5. The molecule has 0 amide bonds. The third-order valence-electron chi connectivity index (χ3n) is 4.04. The first kappa shape index (κ1) is 13.4. The molecular formula is C15H23NO2. The van der Waals surface area contributed by atoms with Gasteiger partial charge in [0.1, 0.15) is 5.75 Å². The van der Waals surface area contributed by atoms with Crippen molar-refractivity contribution in [2.45, 2.75) is 25.8 Å². The van der Waals surface area contributed by atoms with Gasteiger partial charge in [0.25, 0.3) is 0 Å². The van der Waals surface area contributed by atoms with Gasteiger partial charge < -0.3 is 14.7 Å². The summed E-state index contributed by atoms with van der Waals surface area (Å²) >= 11 is 0. The van der Waals surface area contributed by atoms with Crippen LogP contribution in [0.15, 0.2) is 18.2 Å². The highest BCUT2D eigenvalue weighted by atomic mass is 16.5. The number of hydrogen-bond donors (Lipinski definition) is 1. The van der Waals surface area contributed by atoms with Crippen LogP contribution in [0, 0.1) is 12.3 Å². The SMILES string of the molecule is COc1ccc(C(N(C)C)C2(CO)CC2)cc1C. The van der Waals surface area contributed by atoms with E-state index in [1.165, 1.54) is 5.56 Å². The maximum atomic E-state index is 9.66. The molecule has 0 bridgehead atoms. The molecule has 0 radical (unpaired) electrons. The summed E-state index contributed by atoms with van der Waals surface area (Å²) in [5.41, 5.74) is 2.48. The number of aryl methyl sites for hydroxylation is 1. The van der Waals surface area contributed by atoms with Crippen molar-refractivity contribution in [2.75, 3.05) is 27.8 Å². The van der Waals surface area contributed by atoms with E-state index in [0.717, 1.165) is 24.2 Å². The van der Waals surface area contributed by atoms with E-state index >= 15 is 0 Å². The molecule has 0 spiro atoms. The number of nitrogens with zero attached hydrogens (tertiary/aromatic N) is 1. The lowest BCUT2D eigenvalue weighted by Gasteiger charge is -2.32. The smallest absolute Gasteiger partial charge is 0.121 e. The van der Waals surface area contributed by atoms with Gasteiger partial charge in [0.15, 0.2) is 0 Å². The van der Waals surface area contributed by atoms with Crippen molar-refractivity contribution in [3.8, 4) is 5.75 Å². The predicted octanol–water partition coefficient (Wildman–Crippen LogP) is 2.38. The first-order chi connectivity index (χ1) is 8.54. The topological polar surface area (TPSA) is 32.7 Å². The minimum Gasteiger partial charge on any atom is -0.496 e. The summed E-state index contributed by atoms with van der Waals surface area (Å²) < 4.78 is 5.30. The highest BCUT2D eigenvalue weighted by Gasteiger charge is 2.50. The second kappa shape index (κ2) is 4.90. The van der Waals surface area contributed by atoms with E-state index in [-0.39, 0.29) is 18.1 Å². The average Bonchev–Trinajstić information content (AvgIpc) is 3.10. The van der Waals surface area contributed by atoms with E-state index < -0.39 is 0 Å². The molecule has 3 heteroatoms. The van der Waals surface area contributed by atoms with Crippen molar-refractivity contribution in [1.29, 1.82) is 0 Å². The van der Waals surface area contributed by atoms with Gasteiger partial charge in [-0.3, -0.25) is 0 Å². The standard InChI is InChI=1S/C15H23NO2/c1-11-9-12(5-6-13(11)18-4)14(16(2)3)15(10-17)7-8-15/h5-6,9,14,17H,7-8,10H2,1-4H3. The zero-order chi connectivity index (χ0) is 13.3. The van der Waals surface area contributed by atoms with Crippen molar-refractivity contribution in [3.05, 3.63) is 29.3 Å². The predicted molar refractivity (Wildman–Crippen MR) is 72.9 cm³/mol. The Balaban J connectivity index is 2.35. The van der Waals surface area contributed by atoms with Gasteiger partial charge in [-0.2, -0.15) is 0 Å². The zero-order valence-electron chi connectivity index (χ0n) is 11.7. The molecule has 1 atom stereocenters. The van der Waals surface area contributed by atoms with Gasteiger partial charge in [-0.1, -0.05) is 12.1 Å². The van der Waals surface area contributed by atoms with Crippen molar-refractivity contribution >= 4 is 0 Å². The molecule has 0 saturated heterocycles. The van der Waals surface area contributed by atoms with Gasteiger partial charge in [0.2, 0.25) is 0 Å². The molecule has 2 rings (SSSR count). The minimum absolute atomic E-state index is 0.0600. The Morgan fingerprint density at radius 3 is 2.44 bits per heavy atom. The number of benzene rings is 1. The summed E-state index contributed by atoms with van der Waals surface area (Å²) in [6.45, 7) is 2.33. The van der Waals surface area contributed by atoms with Crippen molar-refractivity contribution < 1.29 is 9.84 Å². The van der Waals surface area contributed by atoms with Gasteiger partial charge in [0, 0.05) is 11.5 Å². The van der Waals surface area contributed by atoms with Crippen LogP contribution in [0.4, 0.5) is 0 Å². The summed E-state index contributed by atoms with van der Waals surface area (Å²) in [6.07, 6.45) is 2.22. The molecule has 1 saturated carbocycles. The molecule has 0 aromatic heterocycles. The minimum atomic E-state index is 0.0600. The van der Waals surface area contributed by atoms with E-state index in [1.54, 1.807) is 7.11 Å². The largest absolute Gasteiger partial charge is 0.496 e. The van der Waals surface area contributed by atoms with E-state index in [0.29, 0.717) is 0 Å². The molecule has 1 fully saturated rings. The van der Waals surface area contributed by atoms with E-state index in [9.17, 15) is 5.11 Å². The molecule has 1 N–H and O–H groups in total. The van der Waals surface area contributed by atoms with Crippen LogP contribution in [0.3, 0.4) is 0 Å². The lowest BCUT2D eigenvalue weighted by molar-refractivity contribution is 0.115. The first-order valence-corrected chi connectivity index (χ1v) is 6.46. The van der Waals surface area contributed by atoms with Crippen LogP contribution in [-0.2, 0) is 0 Å². The van der Waals surface area contributed by atoms with Crippen LogP contribution in [-0.4, -0.2) is 37.8 Å². The summed E-state index contributed by atoms with van der Waals surface area (Å²) in [5.74, 6) is 0.921. The highest BCUT2D eigenvalue weighted by molar-refractivity contribution is 5.38. The molecule has 1 aromatic carbocycles. The molecule has 1 unspecified atom stereocenters. The maximum absolute atomic E-state index is 9.66. The lowest BCUT2D eigenvalue weighted by Crippen LogP contribution is -2.31. The van der Waals surface area contributed by atoms with Crippen LogP contribution < -0.4 is 4.74 Å². The summed E-state index contributed by atoms with van der Waals surface area (Å²) in [4.78, 5) is 2.21. The van der Waals surface area contributed by atoms with Crippen LogP contribution in [0.5, 0.6) is 5.75 Å². The number of hydrogen-bond acceptors (Lipinski definition) is 3. The van der Waals surface area contributed by atoms with Crippen LogP contribution in [0.25, 0.3) is 0 Å². The summed E-state index contributed by atoms with van der Waals surface area (Å²) in [5, 5.41) is 9.66. The van der Waals surface area contributed by atoms with E-state index in [1.807, 2.05) is 6.07 Å². The fraction of sp³-hybridized carbons (Fsp3) is 0.600. The Morgan fingerprint density at radius 1 is 1.39 bits per heavy atom. The second-order valence-electron chi connectivity index (χ2n) is 5.62. The third-order valence-corrected chi connectivity index (χ3v) is 4.04. The van der Waals surface area contributed by atoms with Gasteiger partial charge in [-0.15, -0.1) is 0 Å². The maximum Gasteiger partial charge on any atom is 0.121 e. The number of ether oxygens (including phenoxy) is 1. The fourth-order valence-corrected chi connectivity index (χ4v) is 2.95. The Labute approximate surface area is 109 Å². The first-order valence-electron chi connectivity index (χ1n) is 6.46. The average molecular weight is 249 g/mol. The Bertz CT molecular complexity index is 425. The number of aliphatic hydroxyl groups is 1. The normalized spacial score (nSPS) is 18.8. The fourth-order valence-electron chi connectivity index (χ4n) is 2.95. The lowest BCUT2D eigenvalue weighted by atomic mass is 9.89. The molecular weight excluding hydrogens is 226 g/mol. The summed E-state index contributed by atoms with van der Waals surface area (Å²) in [6, 6.07) is 6.60. The molecule has 1 aliphatic carbocycles. The molecule has 0 aliphatic heterocycles. The van der Waals surface area contributed by atoms with Gasteiger partial charge >= 0.3 is 0 Å². The molecule has 1 aliphatic rings. The second-order valence-corrected chi connectivity index (χ2v) is 5.62. The Kier molecular flexibility index (Phi) is 3.64. The molecule has 100 valence electrons. The van der Waals surface area contributed by atoms with E-state index in [2.05, 4.69) is 38.1 Å². The number of methoxy groups -OCH3 is 1. The van der Waals surface area contributed by atoms with Gasteiger partial charge in [-0.25, -0.2) is 0 Å². The van der Waals surface area contributed by atoms with Crippen molar-refractivity contribution in [2.24, 2.45) is 5.41 Å². The zero-order valence-corrected chi connectivity index (χ0v) is 11.7. The van der Waals surface area contributed by atoms with Crippen LogP contribution >= 0.6 is 0 Å². The van der Waals surface area contributed by atoms with E-state index in [4.69, 9.17) is 4.74 Å². The quantitative estimate of drug-likeness (QED) is 0.869. The Morgan fingerprint density at radius 2 is 2.06 bits per heavy atom. The highest BCUT2D eigenvalue weighted by Crippen LogP contribution is 2.56. The Hall–Kier alpha value is -1.06. The monoisotopic (exact) mass is 249 g/mol. The third kappa shape index (κ3) is 2.25. The van der Waals surface area contributed by atoms with Gasteiger partial charge in [-0.05, 0) is 51.1 Å². The van der Waals surface area contributed by atoms with Crippen LogP contribution in [0.2, 0.25) is 0 Å². The molecule has 18 heavy (non-hydrogen) atoms. The van der Waals surface area contributed by atoms with Crippen molar-refractivity contribution in [3.63, 3.8) is 0 Å². The molecule has 0 heterocycles. The van der Waals surface area contributed by atoms with Gasteiger partial charge in [0.05, 0.1) is 13.7 Å². The molecule has 3 nitrogen and oxygen atoms in total. The van der Waals surface area contributed by atoms with Crippen LogP contribution in [0.1, 0.15) is 30.0 Å². The van der Waals surface area contributed by atoms with Crippen molar-refractivity contribution in [1.82, 2.24) is 4.90 Å². The number of aliphatic hydroxyl groups excluding tert-OH is 1. The summed E-state index contributed by atoms with van der Waals surface area (Å²) in [7, 11) is 5.86. The molecule has 1 aromatic rings.